The Bertz CT molecular complexity index is 1300. The first-order chi connectivity index (χ1) is 14.9. The highest BCUT2D eigenvalue weighted by Crippen LogP contribution is 2.32. The number of carbonyl (C=O) groups excluding carboxylic acids is 1. The third-order valence-electron chi connectivity index (χ3n) is 4.88. The summed E-state index contributed by atoms with van der Waals surface area (Å²) in [6, 6.07) is 10.2. The summed E-state index contributed by atoms with van der Waals surface area (Å²) in [6.07, 6.45) is 0. The Balaban J connectivity index is 1.66. The number of hydrogen-bond donors (Lipinski definition) is 1. The molecule has 2 heterocycles. The molecule has 1 N–H and O–H groups in total. The summed E-state index contributed by atoms with van der Waals surface area (Å²) in [6.45, 7) is 3.84. The van der Waals surface area contributed by atoms with E-state index in [-0.39, 0.29) is 25.6 Å². The molecule has 1 aliphatic rings. The van der Waals surface area contributed by atoms with Crippen molar-refractivity contribution in [2.24, 2.45) is 0 Å². The van der Waals surface area contributed by atoms with Crippen molar-refractivity contribution in [3.05, 3.63) is 79.1 Å². The van der Waals surface area contributed by atoms with E-state index in [9.17, 15) is 14.4 Å². The van der Waals surface area contributed by atoms with Gasteiger partial charge in [-0.05, 0) is 49.2 Å². The number of rotatable bonds is 5. The molecule has 0 bridgehead atoms. The smallest absolute Gasteiger partial charge is 0.352 e. The first-order valence-electron chi connectivity index (χ1n) is 9.56. The van der Waals surface area contributed by atoms with Crippen molar-refractivity contribution >= 4 is 17.5 Å². The lowest BCUT2D eigenvalue weighted by molar-refractivity contribution is 0.0941. The van der Waals surface area contributed by atoms with Gasteiger partial charge in [0.15, 0.2) is 11.5 Å². The number of hydrogen-bond acceptors (Lipinski definition) is 6. The summed E-state index contributed by atoms with van der Waals surface area (Å²) in [7, 11) is 0. The molecule has 0 fully saturated rings. The third kappa shape index (κ3) is 3.91. The second kappa shape index (κ2) is 8.27. The number of halogens is 1. The van der Waals surface area contributed by atoms with Crippen LogP contribution in [0.5, 0.6) is 11.5 Å². The van der Waals surface area contributed by atoms with Crippen LogP contribution in [0.1, 0.15) is 28.5 Å². The zero-order valence-corrected chi connectivity index (χ0v) is 17.6. The topological polar surface area (TPSA) is 104 Å². The van der Waals surface area contributed by atoms with E-state index in [0.29, 0.717) is 22.2 Å². The zero-order valence-electron chi connectivity index (χ0n) is 16.8. The molecule has 3 aromatic rings. The summed E-state index contributed by atoms with van der Waals surface area (Å²) in [5.41, 5.74) is 0.132. The molecule has 0 unspecified atom stereocenters. The highest BCUT2D eigenvalue weighted by molar-refractivity contribution is 6.31. The third-order valence-corrected chi connectivity index (χ3v) is 5.29. The molecule has 1 aromatic heterocycles. The number of benzene rings is 2. The SMILES string of the molecule is CCn1c(=O)c(C(=O)NCc2ccc3c(c2)OCO3)nn(-c2ccc(C)c(Cl)c2)c1=O. The number of nitrogens with zero attached hydrogens (tertiary/aromatic N) is 3. The predicted octanol–water partition coefficient (Wildman–Crippen LogP) is 2.03. The first kappa shape index (κ1) is 20.7. The average Bonchev–Trinajstić information content (AvgIpc) is 3.22. The van der Waals surface area contributed by atoms with Gasteiger partial charge in [0.25, 0.3) is 11.5 Å². The molecule has 1 amide bonds. The van der Waals surface area contributed by atoms with Crippen LogP contribution in [0, 0.1) is 6.92 Å². The van der Waals surface area contributed by atoms with Crippen molar-refractivity contribution in [3.63, 3.8) is 0 Å². The maximum absolute atomic E-state index is 12.8. The quantitative estimate of drug-likeness (QED) is 0.648. The van der Waals surface area contributed by atoms with Gasteiger partial charge in [-0.15, -0.1) is 0 Å². The van der Waals surface area contributed by atoms with Crippen LogP contribution in [0.2, 0.25) is 5.02 Å². The van der Waals surface area contributed by atoms with E-state index in [1.54, 1.807) is 43.3 Å². The highest BCUT2D eigenvalue weighted by atomic mass is 35.5. The number of nitrogens with one attached hydrogen (secondary N) is 1. The van der Waals surface area contributed by atoms with Crippen LogP contribution in [-0.2, 0) is 13.1 Å². The van der Waals surface area contributed by atoms with Crippen LogP contribution in [-0.4, -0.2) is 27.0 Å². The van der Waals surface area contributed by atoms with Gasteiger partial charge in [-0.1, -0.05) is 23.7 Å². The highest BCUT2D eigenvalue weighted by Gasteiger charge is 2.20. The molecule has 0 atom stereocenters. The van der Waals surface area contributed by atoms with Crippen molar-refractivity contribution in [1.29, 1.82) is 0 Å². The first-order valence-corrected chi connectivity index (χ1v) is 9.94. The standard InChI is InChI=1S/C21H19ClN4O5/c1-3-25-20(28)18(24-26(21(25)29)14-6-4-12(2)15(22)9-14)19(27)23-10-13-5-7-16-17(8-13)31-11-30-16/h4-9H,3,10-11H2,1-2H3,(H,23,27). The molecule has 160 valence electrons. The van der Waals surface area contributed by atoms with Crippen molar-refractivity contribution in [2.75, 3.05) is 6.79 Å². The molecule has 0 aliphatic carbocycles. The maximum atomic E-state index is 12.8. The van der Waals surface area contributed by atoms with Gasteiger partial charge in [0.1, 0.15) is 0 Å². The fourth-order valence-corrected chi connectivity index (χ4v) is 3.31. The zero-order chi connectivity index (χ0) is 22.1. The van der Waals surface area contributed by atoms with Crippen molar-refractivity contribution in [3.8, 4) is 17.2 Å². The summed E-state index contributed by atoms with van der Waals surface area (Å²) >= 11 is 6.17. The molecule has 9 nitrogen and oxygen atoms in total. The molecule has 0 saturated carbocycles. The van der Waals surface area contributed by atoms with Gasteiger partial charge in [-0.25, -0.2) is 4.79 Å². The Kier molecular flexibility index (Phi) is 5.51. The second-order valence-electron chi connectivity index (χ2n) is 6.90. The van der Waals surface area contributed by atoms with E-state index in [2.05, 4.69) is 10.4 Å². The van der Waals surface area contributed by atoms with Gasteiger partial charge in [-0.2, -0.15) is 9.78 Å². The van der Waals surface area contributed by atoms with E-state index in [0.717, 1.165) is 20.4 Å². The lowest BCUT2D eigenvalue weighted by Gasteiger charge is -2.12. The van der Waals surface area contributed by atoms with E-state index < -0.39 is 17.2 Å². The number of ether oxygens (including phenoxy) is 2. The minimum absolute atomic E-state index is 0.0855. The summed E-state index contributed by atoms with van der Waals surface area (Å²) < 4.78 is 12.6. The van der Waals surface area contributed by atoms with Crippen LogP contribution in [0.4, 0.5) is 0 Å². The van der Waals surface area contributed by atoms with Crippen LogP contribution >= 0.6 is 11.6 Å². The molecule has 0 saturated heterocycles. The van der Waals surface area contributed by atoms with Crippen LogP contribution in [0.25, 0.3) is 5.69 Å². The summed E-state index contributed by atoms with van der Waals surface area (Å²) in [5, 5.41) is 7.15. The Morgan fingerprint density at radius 3 is 2.68 bits per heavy atom. The molecule has 10 heteroatoms. The number of aromatic nitrogens is 3. The van der Waals surface area contributed by atoms with E-state index in [1.165, 1.54) is 0 Å². The average molecular weight is 443 g/mol. The molecule has 0 radical (unpaired) electrons. The summed E-state index contributed by atoms with van der Waals surface area (Å²) in [5.74, 6) is 0.520. The number of amides is 1. The minimum atomic E-state index is -0.759. The number of fused-ring (bicyclic) bond motifs is 1. The molecule has 1 aliphatic heterocycles. The normalized spacial score (nSPS) is 12.1. The second-order valence-corrected chi connectivity index (χ2v) is 7.30. The van der Waals surface area contributed by atoms with Crippen molar-refractivity contribution < 1.29 is 14.3 Å². The molecular weight excluding hydrogens is 424 g/mol. The Morgan fingerprint density at radius 1 is 1.16 bits per heavy atom. The largest absolute Gasteiger partial charge is 0.454 e. The molecular formula is C21H19ClN4O5. The number of carbonyl (C=O) groups is 1. The van der Waals surface area contributed by atoms with Gasteiger partial charge in [-0.3, -0.25) is 14.2 Å². The number of aryl methyl sites for hydroxylation is 1. The van der Waals surface area contributed by atoms with Gasteiger partial charge >= 0.3 is 5.69 Å². The maximum Gasteiger partial charge on any atom is 0.352 e. The van der Waals surface area contributed by atoms with E-state index >= 15 is 0 Å². The van der Waals surface area contributed by atoms with Gasteiger partial charge in [0.2, 0.25) is 12.5 Å². The lowest BCUT2D eigenvalue weighted by Crippen LogP contribution is -2.45. The molecule has 4 rings (SSSR count). The lowest BCUT2D eigenvalue weighted by atomic mass is 10.2. The van der Waals surface area contributed by atoms with E-state index in [1.807, 2.05) is 6.92 Å². The fraction of sp³-hybridized carbons (Fsp3) is 0.238. The van der Waals surface area contributed by atoms with Crippen molar-refractivity contribution in [2.45, 2.75) is 26.9 Å². The van der Waals surface area contributed by atoms with E-state index in [4.69, 9.17) is 21.1 Å². The fourth-order valence-electron chi connectivity index (χ4n) is 3.13. The Hall–Kier alpha value is -3.59. The van der Waals surface area contributed by atoms with Crippen LogP contribution in [0.3, 0.4) is 0 Å². The van der Waals surface area contributed by atoms with Crippen molar-refractivity contribution in [1.82, 2.24) is 19.7 Å². The molecule has 31 heavy (non-hydrogen) atoms. The molecule has 2 aromatic carbocycles. The van der Waals surface area contributed by atoms with Crippen LogP contribution in [0.15, 0.2) is 46.0 Å². The van der Waals surface area contributed by atoms with Gasteiger partial charge in [0, 0.05) is 18.1 Å². The monoisotopic (exact) mass is 442 g/mol. The Labute approximate surface area is 181 Å². The van der Waals surface area contributed by atoms with Gasteiger partial charge in [0.05, 0.1) is 5.69 Å². The summed E-state index contributed by atoms with van der Waals surface area (Å²) in [4.78, 5) is 38.2. The Morgan fingerprint density at radius 2 is 1.94 bits per heavy atom. The minimum Gasteiger partial charge on any atom is -0.454 e. The van der Waals surface area contributed by atoms with Crippen LogP contribution < -0.4 is 26.0 Å². The van der Waals surface area contributed by atoms with Gasteiger partial charge < -0.3 is 14.8 Å². The molecule has 0 spiro atoms. The predicted molar refractivity (Wildman–Crippen MR) is 113 cm³/mol.